The van der Waals surface area contributed by atoms with Gasteiger partial charge in [0.05, 0.1) is 0 Å². The van der Waals surface area contributed by atoms with E-state index in [1.54, 1.807) is 13.3 Å². The summed E-state index contributed by atoms with van der Waals surface area (Å²) in [6, 6.07) is 0. The molecule has 0 amide bonds. The molecular weight excluding hydrogens is 89.9 g/mol. The van der Waals surface area contributed by atoms with Crippen molar-refractivity contribution < 1.29 is 23.4 Å². The van der Waals surface area contributed by atoms with Crippen LogP contribution in [0.15, 0.2) is 0 Å². The Labute approximate surface area is 51.1 Å². The van der Waals surface area contributed by atoms with Crippen LogP contribution in [0.25, 0.3) is 0 Å². The predicted octanol–water partition coefficient (Wildman–Crippen LogP) is -1.60. The van der Waals surface area contributed by atoms with E-state index in [0.717, 1.165) is 0 Å². The van der Waals surface area contributed by atoms with Gasteiger partial charge in [-0.15, -0.1) is 0 Å². The first-order valence-corrected chi connectivity index (χ1v) is 4.18. The summed E-state index contributed by atoms with van der Waals surface area (Å²) in [4.78, 5) is 0. The molecule has 0 aliphatic heterocycles. The Kier molecular flexibility index (Phi) is 4.83. The first-order valence-electron chi connectivity index (χ1n) is 1.39. The molecule has 0 spiro atoms. The van der Waals surface area contributed by atoms with Crippen LogP contribution >= 0.6 is 7.14 Å². The molecule has 0 aliphatic rings. The summed E-state index contributed by atoms with van der Waals surface area (Å²) in [5.41, 5.74) is 0. The summed E-state index contributed by atoms with van der Waals surface area (Å²) < 4.78 is 10.1. The fraction of sp³-hybridized carbons (Fsp3) is 0.667. The van der Waals surface area contributed by atoms with Crippen molar-refractivity contribution in [2.75, 3.05) is 13.3 Å². The van der Waals surface area contributed by atoms with Crippen LogP contribution in [0.1, 0.15) is 0 Å². The fourth-order valence-corrected chi connectivity index (χ4v) is 0. The molecule has 0 rings (SSSR count). The molecule has 1 nitrogen and oxygen atoms in total. The summed E-state index contributed by atoms with van der Waals surface area (Å²) in [5.74, 6) is 0. The van der Waals surface area contributed by atoms with Crippen LogP contribution in [0, 0.1) is 6.66 Å². The molecule has 3 heteroatoms. The molecule has 0 N–H and O–H groups in total. The Morgan fingerprint density at radius 3 is 1.50 bits per heavy atom. The zero-order valence-electron chi connectivity index (χ0n) is 4.56. The molecule has 0 heterocycles. The molecule has 0 aromatic carbocycles. The molecule has 0 bridgehead atoms. The third-order valence-corrected chi connectivity index (χ3v) is 0. The van der Waals surface area contributed by atoms with Gasteiger partial charge < -0.3 is 4.57 Å². The van der Waals surface area contributed by atoms with Gasteiger partial charge in [0.1, 0.15) is 0 Å². The molecule has 0 aromatic heterocycles. The third-order valence-electron chi connectivity index (χ3n) is 0. The van der Waals surface area contributed by atoms with Crippen LogP contribution in [-0.4, -0.2) is 13.3 Å². The summed E-state index contributed by atoms with van der Waals surface area (Å²) in [6.45, 7) is 6.59. The van der Waals surface area contributed by atoms with Crippen LogP contribution in [-0.2, 0) is 4.57 Å². The van der Waals surface area contributed by atoms with Gasteiger partial charge in [0.25, 0.3) is 0 Å². The first kappa shape index (κ1) is 9.95. The molecule has 6 heavy (non-hydrogen) atoms. The molecule has 0 unspecified atom stereocenters. The van der Waals surface area contributed by atoms with Crippen molar-refractivity contribution in [3.05, 3.63) is 6.66 Å². The molecule has 0 saturated heterocycles. The first-order chi connectivity index (χ1) is 2.00. The van der Waals surface area contributed by atoms with Gasteiger partial charge in [0, 0.05) is 0 Å². The molecule has 32 valence electrons. The van der Waals surface area contributed by atoms with Gasteiger partial charge in [-0.25, -0.2) is 0 Å². The average molecular weight is 98.0 g/mol. The monoisotopic (exact) mass is 98.0 g/mol. The van der Waals surface area contributed by atoms with Gasteiger partial charge in [0.2, 0.25) is 0 Å². The Morgan fingerprint density at radius 1 is 1.50 bits per heavy atom. The Bertz CT molecular complexity index is 56.9. The van der Waals surface area contributed by atoms with Crippen molar-refractivity contribution in [2.24, 2.45) is 0 Å². The smallest absolute Gasteiger partial charge is 0.358 e. The SMILES string of the molecule is [CH2-]P(C)(C)=O.[Li+]. The Morgan fingerprint density at radius 2 is 1.50 bits per heavy atom. The van der Waals surface area contributed by atoms with Crippen LogP contribution in [0.3, 0.4) is 0 Å². The van der Waals surface area contributed by atoms with Crippen molar-refractivity contribution in [3.63, 3.8) is 0 Å². The number of rotatable bonds is 0. The van der Waals surface area contributed by atoms with E-state index in [2.05, 4.69) is 6.66 Å². The minimum absolute atomic E-state index is 0. The van der Waals surface area contributed by atoms with Gasteiger partial charge in [0.15, 0.2) is 0 Å². The van der Waals surface area contributed by atoms with E-state index < -0.39 is 7.14 Å². The molecule has 0 saturated carbocycles. The number of hydrogen-bond acceptors (Lipinski definition) is 1. The van der Waals surface area contributed by atoms with Crippen LogP contribution in [0.2, 0.25) is 0 Å². The quantitative estimate of drug-likeness (QED) is 0.203. The molecule has 0 aromatic rings. The summed E-state index contributed by atoms with van der Waals surface area (Å²) in [5, 5.41) is 0. The maximum atomic E-state index is 10.1. The summed E-state index contributed by atoms with van der Waals surface area (Å²) in [6.07, 6.45) is 0. The second-order valence-electron chi connectivity index (χ2n) is 1.57. The van der Waals surface area contributed by atoms with Crippen LogP contribution in [0.5, 0.6) is 0 Å². The predicted molar refractivity (Wildman–Crippen MR) is 24.8 cm³/mol. The second kappa shape index (κ2) is 2.91. The Hall–Kier alpha value is 0.827. The van der Waals surface area contributed by atoms with E-state index in [1.807, 2.05) is 0 Å². The van der Waals surface area contributed by atoms with Crippen molar-refractivity contribution in [2.45, 2.75) is 0 Å². The topological polar surface area (TPSA) is 17.1 Å². The largest absolute Gasteiger partial charge is 1.00 e. The van der Waals surface area contributed by atoms with E-state index >= 15 is 0 Å². The second-order valence-corrected chi connectivity index (χ2v) is 4.72. The number of hydrogen-bond donors (Lipinski definition) is 0. The maximum Gasteiger partial charge on any atom is 1.00 e. The molecule has 0 atom stereocenters. The van der Waals surface area contributed by atoms with Crippen molar-refractivity contribution in [3.8, 4) is 0 Å². The Balaban J connectivity index is 0. The van der Waals surface area contributed by atoms with Crippen LogP contribution in [0.4, 0.5) is 0 Å². The summed E-state index contributed by atoms with van der Waals surface area (Å²) in [7, 11) is -1.89. The van der Waals surface area contributed by atoms with Gasteiger partial charge in [-0.05, 0) is 13.3 Å². The zero-order valence-corrected chi connectivity index (χ0v) is 5.46. The van der Waals surface area contributed by atoms with E-state index in [4.69, 9.17) is 0 Å². The van der Waals surface area contributed by atoms with Crippen LogP contribution < -0.4 is 18.9 Å². The third kappa shape index (κ3) is 103. The van der Waals surface area contributed by atoms with Gasteiger partial charge in [-0.3, -0.25) is 6.66 Å². The zero-order chi connectivity index (χ0) is 4.50. The van der Waals surface area contributed by atoms with Crippen molar-refractivity contribution in [1.29, 1.82) is 0 Å². The van der Waals surface area contributed by atoms with Gasteiger partial charge >= 0.3 is 18.9 Å². The van der Waals surface area contributed by atoms with E-state index in [9.17, 15) is 4.57 Å². The van der Waals surface area contributed by atoms with E-state index in [0.29, 0.717) is 0 Å². The normalized spacial score (nSPS) is 9.83. The standard InChI is InChI=1S/C3H8OP.Li/c1-5(2,3)4;/h1H2,2-3H3;/q-1;+1. The maximum absolute atomic E-state index is 10.1. The van der Waals surface area contributed by atoms with E-state index in [1.165, 1.54) is 0 Å². The van der Waals surface area contributed by atoms with Crippen molar-refractivity contribution >= 4 is 7.14 Å². The molecule has 0 radical (unpaired) electrons. The van der Waals surface area contributed by atoms with Crippen molar-refractivity contribution in [1.82, 2.24) is 0 Å². The minimum atomic E-state index is -1.89. The van der Waals surface area contributed by atoms with Gasteiger partial charge in [-0.2, -0.15) is 0 Å². The summed E-state index contributed by atoms with van der Waals surface area (Å²) >= 11 is 0. The van der Waals surface area contributed by atoms with E-state index in [-0.39, 0.29) is 18.9 Å². The van der Waals surface area contributed by atoms with Gasteiger partial charge in [-0.1, -0.05) is 7.14 Å². The minimum Gasteiger partial charge on any atom is -0.358 e. The average Bonchev–Trinajstić information content (AvgIpc) is 0.722. The fourth-order valence-electron chi connectivity index (χ4n) is 0. The molecule has 0 fully saturated rings. The molecule has 0 aliphatic carbocycles. The molecular formula is C3H8LiOP.